The van der Waals surface area contributed by atoms with Crippen molar-refractivity contribution in [1.29, 1.82) is 0 Å². The minimum Gasteiger partial charge on any atom is -0.480 e. The molecule has 1 aromatic rings. The topological polar surface area (TPSA) is 57.6 Å². The summed E-state index contributed by atoms with van der Waals surface area (Å²) in [4.78, 5) is 24.4. The van der Waals surface area contributed by atoms with Crippen molar-refractivity contribution in [3.8, 4) is 0 Å². The Kier molecular flexibility index (Phi) is 6.34. The average molecular weight is 295 g/mol. The number of amides is 1. The molecule has 21 heavy (non-hydrogen) atoms. The molecule has 0 saturated heterocycles. The fourth-order valence-electron chi connectivity index (χ4n) is 2.23. The molecule has 1 aromatic carbocycles. The second-order valence-electron chi connectivity index (χ2n) is 5.69. The molecule has 1 atom stereocenters. The second-order valence-corrected chi connectivity index (χ2v) is 5.69. The van der Waals surface area contributed by atoms with Gasteiger partial charge in [0, 0.05) is 13.0 Å². The number of nitrogens with zero attached hydrogens (tertiary/aromatic N) is 1. The quantitative estimate of drug-likeness (QED) is 0.841. The van der Waals surface area contributed by atoms with E-state index in [0.717, 1.165) is 0 Å². The Morgan fingerprint density at radius 1 is 1.24 bits per heavy atom. The van der Waals surface area contributed by atoms with Gasteiger partial charge in [0.1, 0.15) is 12.4 Å². The lowest BCUT2D eigenvalue weighted by Gasteiger charge is -2.24. The van der Waals surface area contributed by atoms with E-state index in [1.807, 2.05) is 13.8 Å². The molecule has 5 heteroatoms. The van der Waals surface area contributed by atoms with E-state index < -0.39 is 5.97 Å². The summed E-state index contributed by atoms with van der Waals surface area (Å²) in [6.45, 7) is 5.67. The number of hydrogen-bond acceptors (Lipinski definition) is 2. The molecule has 1 unspecified atom stereocenters. The van der Waals surface area contributed by atoms with Crippen molar-refractivity contribution in [2.24, 2.45) is 5.92 Å². The van der Waals surface area contributed by atoms with Gasteiger partial charge in [0.25, 0.3) is 0 Å². The van der Waals surface area contributed by atoms with Crippen LogP contribution in [0.5, 0.6) is 0 Å². The number of carbonyl (C=O) groups is 2. The molecule has 0 aliphatic rings. The molecule has 0 fully saturated rings. The molecule has 0 aromatic heterocycles. The number of halogens is 1. The highest BCUT2D eigenvalue weighted by atomic mass is 19.1. The maximum atomic E-state index is 13.7. The van der Waals surface area contributed by atoms with Crippen LogP contribution < -0.4 is 0 Å². The minimum atomic E-state index is -1.04. The van der Waals surface area contributed by atoms with Crippen LogP contribution in [0.25, 0.3) is 0 Å². The summed E-state index contributed by atoms with van der Waals surface area (Å²) in [7, 11) is 0. The van der Waals surface area contributed by atoms with Gasteiger partial charge in [-0.25, -0.2) is 4.39 Å². The number of carbonyl (C=O) groups excluding carboxylic acids is 1. The van der Waals surface area contributed by atoms with E-state index in [9.17, 15) is 14.0 Å². The fourth-order valence-corrected chi connectivity index (χ4v) is 2.23. The van der Waals surface area contributed by atoms with Crippen LogP contribution >= 0.6 is 0 Å². The highest BCUT2D eigenvalue weighted by molar-refractivity contribution is 5.81. The zero-order chi connectivity index (χ0) is 16.0. The van der Waals surface area contributed by atoms with Gasteiger partial charge in [-0.15, -0.1) is 0 Å². The number of rotatable bonds is 7. The van der Waals surface area contributed by atoms with E-state index in [4.69, 9.17) is 5.11 Å². The van der Waals surface area contributed by atoms with Crippen LogP contribution in [0.4, 0.5) is 4.39 Å². The van der Waals surface area contributed by atoms with Gasteiger partial charge < -0.3 is 10.0 Å². The smallest absolute Gasteiger partial charge is 0.323 e. The third-order valence-corrected chi connectivity index (χ3v) is 3.18. The Balaban J connectivity index is 2.76. The molecule has 0 heterocycles. The standard InChI is InChI=1S/C16H22FNO3/c1-11(2)9-18(10-16(20)21)15(19)8-12(3)13-6-4-5-7-14(13)17/h4-7,11-12H,8-10H2,1-3H3,(H,20,21). The highest BCUT2D eigenvalue weighted by Crippen LogP contribution is 2.22. The van der Waals surface area contributed by atoms with Gasteiger partial charge in [-0.3, -0.25) is 9.59 Å². The first-order valence-electron chi connectivity index (χ1n) is 7.05. The van der Waals surface area contributed by atoms with Crippen LogP contribution in [0.2, 0.25) is 0 Å². The van der Waals surface area contributed by atoms with Crippen molar-refractivity contribution in [3.63, 3.8) is 0 Å². The first-order valence-corrected chi connectivity index (χ1v) is 7.05. The Labute approximate surface area is 124 Å². The number of hydrogen-bond donors (Lipinski definition) is 1. The molecular formula is C16H22FNO3. The van der Waals surface area contributed by atoms with E-state index in [2.05, 4.69) is 0 Å². The number of carboxylic acids is 1. The van der Waals surface area contributed by atoms with Gasteiger partial charge in [-0.2, -0.15) is 0 Å². The molecule has 4 nitrogen and oxygen atoms in total. The predicted molar refractivity (Wildman–Crippen MR) is 78.5 cm³/mol. The summed E-state index contributed by atoms with van der Waals surface area (Å²) in [5, 5.41) is 8.89. The first kappa shape index (κ1) is 17.1. The second kappa shape index (κ2) is 7.76. The SMILES string of the molecule is CC(C)CN(CC(=O)O)C(=O)CC(C)c1ccccc1F. The molecule has 1 amide bonds. The maximum absolute atomic E-state index is 13.7. The molecule has 116 valence electrons. The van der Waals surface area contributed by atoms with E-state index in [1.165, 1.54) is 11.0 Å². The number of benzene rings is 1. The molecule has 0 radical (unpaired) electrons. The molecule has 0 spiro atoms. The normalized spacial score (nSPS) is 12.2. The van der Waals surface area contributed by atoms with Gasteiger partial charge in [-0.05, 0) is 23.5 Å². The van der Waals surface area contributed by atoms with Crippen molar-refractivity contribution >= 4 is 11.9 Å². The van der Waals surface area contributed by atoms with E-state index in [-0.39, 0.29) is 36.5 Å². The molecule has 0 aliphatic heterocycles. The third kappa shape index (κ3) is 5.53. The lowest BCUT2D eigenvalue weighted by Crippen LogP contribution is -2.38. The van der Waals surface area contributed by atoms with Gasteiger partial charge in [0.05, 0.1) is 0 Å². The van der Waals surface area contributed by atoms with E-state index in [0.29, 0.717) is 12.1 Å². The largest absolute Gasteiger partial charge is 0.480 e. The van der Waals surface area contributed by atoms with Gasteiger partial charge in [0.15, 0.2) is 0 Å². The van der Waals surface area contributed by atoms with Crippen LogP contribution in [0, 0.1) is 11.7 Å². The Morgan fingerprint density at radius 3 is 2.38 bits per heavy atom. The van der Waals surface area contributed by atoms with Crippen molar-refractivity contribution in [3.05, 3.63) is 35.6 Å². The Hall–Kier alpha value is -1.91. The Bertz CT molecular complexity index is 502. The predicted octanol–water partition coefficient (Wildman–Crippen LogP) is 2.89. The van der Waals surface area contributed by atoms with Gasteiger partial charge >= 0.3 is 5.97 Å². The van der Waals surface area contributed by atoms with Gasteiger partial charge in [0.2, 0.25) is 5.91 Å². The van der Waals surface area contributed by atoms with E-state index in [1.54, 1.807) is 25.1 Å². The minimum absolute atomic E-state index is 0.0981. The zero-order valence-electron chi connectivity index (χ0n) is 12.7. The van der Waals surface area contributed by atoms with Crippen molar-refractivity contribution in [2.75, 3.05) is 13.1 Å². The number of carboxylic acid groups (broad SMARTS) is 1. The zero-order valence-corrected chi connectivity index (χ0v) is 12.7. The third-order valence-electron chi connectivity index (χ3n) is 3.18. The highest BCUT2D eigenvalue weighted by Gasteiger charge is 2.21. The number of aliphatic carboxylic acids is 1. The van der Waals surface area contributed by atoms with E-state index >= 15 is 0 Å². The van der Waals surface area contributed by atoms with Crippen LogP contribution in [0.15, 0.2) is 24.3 Å². The van der Waals surface area contributed by atoms with Crippen molar-refractivity contribution < 1.29 is 19.1 Å². The molecule has 0 aliphatic carbocycles. The van der Waals surface area contributed by atoms with Crippen LogP contribution in [0.1, 0.15) is 38.7 Å². The average Bonchev–Trinajstić information content (AvgIpc) is 2.37. The van der Waals surface area contributed by atoms with Gasteiger partial charge in [-0.1, -0.05) is 39.0 Å². The van der Waals surface area contributed by atoms with Crippen LogP contribution in [-0.4, -0.2) is 35.0 Å². The summed E-state index contributed by atoms with van der Waals surface area (Å²) >= 11 is 0. The maximum Gasteiger partial charge on any atom is 0.323 e. The Morgan fingerprint density at radius 2 is 1.86 bits per heavy atom. The lowest BCUT2D eigenvalue weighted by molar-refractivity contribution is -0.145. The van der Waals surface area contributed by atoms with Crippen molar-refractivity contribution in [2.45, 2.75) is 33.1 Å². The summed E-state index contributed by atoms with van der Waals surface area (Å²) in [5.74, 6) is -1.75. The van der Waals surface area contributed by atoms with Crippen LogP contribution in [0.3, 0.4) is 0 Å². The summed E-state index contributed by atoms with van der Waals surface area (Å²) in [6, 6.07) is 6.34. The molecule has 0 bridgehead atoms. The van der Waals surface area contributed by atoms with Crippen LogP contribution in [-0.2, 0) is 9.59 Å². The lowest BCUT2D eigenvalue weighted by atomic mass is 9.96. The first-order chi connectivity index (χ1) is 9.81. The summed E-state index contributed by atoms with van der Waals surface area (Å²) in [6.07, 6.45) is 0.0981. The molecule has 0 saturated carbocycles. The fraction of sp³-hybridized carbons (Fsp3) is 0.500. The molecule has 1 N–H and O–H groups in total. The molecule has 1 rings (SSSR count). The van der Waals surface area contributed by atoms with Crippen molar-refractivity contribution in [1.82, 2.24) is 4.90 Å². The summed E-state index contributed by atoms with van der Waals surface area (Å²) < 4.78 is 13.7. The summed E-state index contributed by atoms with van der Waals surface area (Å²) in [5.41, 5.74) is 0.477. The monoisotopic (exact) mass is 295 g/mol. The molecular weight excluding hydrogens is 273 g/mol.